The number of amides is 2. The summed E-state index contributed by atoms with van der Waals surface area (Å²) in [5.74, 6) is -0.248. The van der Waals surface area contributed by atoms with Gasteiger partial charge in [0.25, 0.3) is 0 Å². The molecule has 0 spiro atoms. The van der Waals surface area contributed by atoms with Crippen LogP contribution in [0.1, 0.15) is 30.5 Å². The summed E-state index contributed by atoms with van der Waals surface area (Å²) in [5.41, 5.74) is 2.23. The average molecular weight is 349 g/mol. The second kappa shape index (κ2) is 6.90. The number of carbonyl (C=O) groups excluding carboxylic acids is 2. The van der Waals surface area contributed by atoms with Crippen molar-refractivity contribution in [1.29, 1.82) is 0 Å². The fourth-order valence-electron chi connectivity index (χ4n) is 3.70. The normalized spacial score (nSPS) is 20.8. The van der Waals surface area contributed by atoms with Crippen molar-refractivity contribution < 1.29 is 9.59 Å². The topological polar surface area (TPSA) is 62.3 Å². The maximum atomic E-state index is 12.6. The second-order valence-corrected chi connectivity index (χ2v) is 7.36. The van der Waals surface area contributed by atoms with E-state index in [4.69, 9.17) is 0 Å². The van der Waals surface area contributed by atoms with Crippen molar-refractivity contribution >= 4 is 11.8 Å². The van der Waals surface area contributed by atoms with Gasteiger partial charge < -0.3 is 10.2 Å². The Morgan fingerprint density at radius 2 is 1.92 bits per heavy atom. The third-order valence-electron chi connectivity index (χ3n) is 5.51. The van der Waals surface area contributed by atoms with Crippen molar-refractivity contribution in [1.82, 2.24) is 15.2 Å². The number of nitrogens with one attached hydrogen (secondary N) is 1. The number of benzene rings is 1. The van der Waals surface area contributed by atoms with Gasteiger partial charge >= 0.3 is 0 Å². The van der Waals surface area contributed by atoms with Gasteiger partial charge in [0.15, 0.2) is 0 Å². The molecule has 2 heterocycles. The Morgan fingerprint density at radius 1 is 1.15 bits per heavy atom. The first-order valence-electron chi connectivity index (χ1n) is 9.17. The first kappa shape index (κ1) is 16.8. The van der Waals surface area contributed by atoms with Gasteiger partial charge in [0, 0.05) is 31.1 Å². The van der Waals surface area contributed by atoms with E-state index in [0.29, 0.717) is 19.6 Å². The lowest BCUT2D eigenvalue weighted by molar-refractivity contribution is -0.129. The molecular weight excluding hydrogens is 326 g/mol. The molecule has 26 heavy (non-hydrogen) atoms. The molecule has 2 aromatic rings. The van der Waals surface area contributed by atoms with E-state index >= 15 is 0 Å². The zero-order valence-corrected chi connectivity index (χ0v) is 14.7. The molecule has 1 atom stereocenters. The molecular formula is C21H23N3O2. The van der Waals surface area contributed by atoms with Gasteiger partial charge in [0.05, 0.1) is 18.2 Å². The summed E-state index contributed by atoms with van der Waals surface area (Å²) in [6.07, 6.45) is 4.22. The number of hydrogen-bond acceptors (Lipinski definition) is 3. The van der Waals surface area contributed by atoms with Gasteiger partial charge in [-0.2, -0.15) is 0 Å². The van der Waals surface area contributed by atoms with Gasteiger partial charge in [-0.1, -0.05) is 36.4 Å². The predicted molar refractivity (Wildman–Crippen MR) is 98.1 cm³/mol. The maximum Gasteiger partial charge on any atom is 0.225 e. The van der Waals surface area contributed by atoms with Gasteiger partial charge in [-0.25, -0.2) is 0 Å². The van der Waals surface area contributed by atoms with Crippen LogP contribution in [-0.2, 0) is 21.5 Å². The van der Waals surface area contributed by atoms with E-state index in [1.54, 1.807) is 11.1 Å². The van der Waals surface area contributed by atoms with Crippen molar-refractivity contribution in [2.75, 3.05) is 13.1 Å². The Bertz CT molecular complexity index is 787. The minimum Gasteiger partial charge on any atom is -0.355 e. The second-order valence-electron chi connectivity index (χ2n) is 7.36. The molecule has 5 heteroatoms. The van der Waals surface area contributed by atoms with Gasteiger partial charge in [-0.05, 0) is 30.5 Å². The highest BCUT2D eigenvalue weighted by Gasteiger charge is 2.45. The van der Waals surface area contributed by atoms with Crippen LogP contribution in [0.2, 0.25) is 0 Å². The number of pyridine rings is 1. The number of rotatable bonds is 6. The summed E-state index contributed by atoms with van der Waals surface area (Å²) in [4.78, 5) is 30.8. The van der Waals surface area contributed by atoms with Crippen molar-refractivity contribution in [2.45, 2.75) is 31.2 Å². The summed E-state index contributed by atoms with van der Waals surface area (Å²) >= 11 is 0. The molecule has 2 fully saturated rings. The quantitative estimate of drug-likeness (QED) is 0.870. The molecule has 1 aliphatic carbocycles. The van der Waals surface area contributed by atoms with Crippen molar-refractivity contribution in [3.05, 3.63) is 66.0 Å². The van der Waals surface area contributed by atoms with Crippen LogP contribution >= 0.6 is 0 Å². The highest BCUT2D eigenvalue weighted by Crippen LogP contribution is 2.47. The molecule has 1 N–H and O–H groups in total. The minimum absolute atomic E-state index is 0.0101. The van der Waals surface area contributed by atoms with Gasteiger partial charge in [-0.3, -0.25) is 14.6 Å². The van der Waals surface area contributed by atoms with Gasteiger partial charge in [0.2, 0.25) is 11.8 Å². The molecule has 4 rings (SSSR count). The zero-order chi connectivity index (χ0) is 18.0. The molecule has 1 aliphatic heterocycles. The third kappa shape index (κ3) is 3.47. The summed E-state index contributed by atoms with van der Waals surface area (Å²) in [6, 6.07) is 16.0. The van der Waals surface area contributed by atoms with Crippen molar-refractivity contribution in [3.63, 3.8) is 0 Å². The Morgan fingerprint density at radius 3 is 2.62 bits per heavy atom. The monoisotopic (exact) mass is 349 g/mol. The molecule has 2 aliphatic rings. The fourth-order valence-corrected chi connectivity index (χ4v) is 3.70. The summed E-state index contributed by atoms with van der Waals surface area (Å²) in [7, 11) is 0. The third-order valence-corrected chi connectivity index (χ3v) is 5.51. The van der Waals surface area contributed by atoms with E-state index in [0.717, 1.165) is 18.5 Å². The smallest absolute Gasteiger partial charge is 0.225 e. The first-order chi connectivity index (χ1) is 12.7. The van der Waals surface area contributed by atoms with Crippen LogP contribution in [0.25, 0.3) is 0 Å². The number of hydrogen-bond donors (Lipinski definition) is 1. The van der Waals surface area contributed by atoms with Crippen LogP contribution in [0.4, 0.5) is 0 Å². The van der Waals surface area contributed by atoms with Gasteiger partial charge in [-0.15, -0.1) is 0 Å². The standard InChI is InChI=1S/C21H23N3O2/c25-19-12-16(13-24(19)14-18-8-4-5-11-22-18)20(26)23-15-21(9-10-21)17-6-2-1-3-7-17/h1-8,11,16H,9-10,12-15H2,(H,23,26). The summed E-state index contributed by atoms with van der Waals surface area (Å²) in [5, 5.41) is 3.10. The average Bonchev–Trinajstić information content (AvgIpc) is 3.39. The lowest BCUT2D eigenvalue weighted by Crippen LogP contribution is -2.37. The van der Waals surface area contributed by atoms with E-state index in [-0.39, 0.29) is 29.6 Å². The fraction of sp³-hybridized carbons (Fsp3) is 0.381. The molecule has 0 radical (unpaired) electrons. The molecule has 1 aromatic heterocycles. The van der Waals surface area contributed by atoms with Crippen LogP contribution in [0.5, 0.6) is 0 Å². The molecule has 1 aromatic carbocycles. The first-order valence-corrected chi connectivity index (χ1v) is 9.17. The van der Waals surface area contributed by atoms with E-state index in [2.05, 4.69) is 22.4 Å². The van der Waals surface area contributed by atoms with Crippen LogP contribution in [0.15, 0.2) is 54.7 Å². The molecule has 1 saturated carbocycles. The van der Waals surface area contributed by atoms with Gasteiger partial charge in [0.1, 0.15) is 0 Å². The zero-order valence-electron chi connectivity index (χ0n) is 14.7. The van der Waals surface area contributed by atoms with E-state index in [1.807, 2.05) is 36.4 Å². The Kier molecular flexibility index (Phi) is 4.45. The van der Waals surface area contributed by atoms with Crippen LogP contribution in [-0.4, -0.2) is 34.8 Å². The van der Waals surface area contributed by atoms with E-state index in [9.17, 15) is 9.59 Å². The molecule has 1 saturated heterocycles. The number of carbonyl (C=O) groups is 2. The van der Waals surface area contributed by atoms with E-state index < -0.39 is 0 Å². The number of likely N-dealkylation sites (tertiary alicyclic amines) is 1. The van der Waals surface area contributed by atoms with Crippen LogP contribution < -0.4 is 5.32 Å². The molecule has 0 bridgehead atoms. The highest BCUT2D eigenvalue weighted by atomic mass is 16.2. The lowest BCUT2D eigenvalue weighted by Gasteiger charge is -2.19. The van der Waals surface area contributed by atoms with Crippen LogP contribution in [0.3, 0.4) is 0 Å². The largest absolute Gasteiger partial charge is 0.355 e. The molecule has 1 unspecified atom stereocenters. The molecule has 2 amide bonds. The van der Waals surface area contributed by atoms with Crippen molar-refractivity contribution in [3.8, 4) is 0 Å². The molecule has 5 nitrogen and oxygen atoms in total. The van der Waals surface area contributed by atoms with E-state index in [1.165, 1.54) is 5.56 Å². The predicted octanol–water partition coefficient (Wildman–Crippen LogP) is 2.28. The summed E-state index contributed by atoms with van der Waals surface area (Å²) in [6.45, 7) is 1.60. The Hall–Kier alpha value is -2.69. The highest BCUT2D eigenvalue weighted by molar-refractivity contribution is 5.89. The summed E-state index contributed by atoms with van der Waals surface area (Å²) < 4.78 is 0. The van der Waals surface area contributed by atoms with Crippen LogP contribution in [0, 0.1) is 5.92 Å². The Labute approximate surface area is 153 Å². The molecule has 134 valence electrons. The van der Waals surface area contributed by atoms with Crippen molar-refractivity contribution in [2.24, 2.45) is 5.92 Å². The Balaban J connectivity index is 1.32. The number of nitrogens with zero attached hydrogens (tertiary/aromatic N) is 2. The minimum atomic E-state index is -0.266. The number of aromatic nitrogens is 1. The SMILES string of the molecule is O=C(NCC1(c2ccccc2)CC1)C1CC(=O)N(Cc2ccccn2)C1. The lowest BCUT2D eigenvalue weighted by atomic mass is 9.95. The maximum absolute atomic E-state index is 12.6.